The number of fused-ring (bicyclic) bond motifs is 1. The summed E-state index contributed by atoms with van der Waals surface area (Å²) in [5.74, 6) is 0.701. The van der Waals surface area contributed by atoms with Gasteiger partial charge in [0.1, 0.15) is 5.75 Å². The van der Waals surface area contributed by atoms with E-state index in [4.69, 9.17) is 25.8 Å². The maximum absolute atomic E-state index is 12.1. The lowest BCUT2D eigenvalue weighted by atomic mass is 10.2. The monoisotopic (exact) mass is 389 g/mol. The Bertz CT molecular complexity index is 901. The molecule has 0 bridgehead atoms. The van der Waals surface area contributed by atoms with Crippen LogP contribution >= 0.6 is 11.6 Å². The summed E-state index contributed by atoms with van der Waals surface area (Å²) in [5.41, 5.74) is 3.39. The Hall–Kier alpha value is -3.26. The quantitative estimate of drug-likeness (QED) is 0.581. The van der Waals surface area contributed by atoms with Crippen LogP contribution in [-0.2, 0) is 4.79 Å². The first-order valence-electron chi connectivity index (χ1n) is 7.90. The Kier molecular flexibility index (Phi) is 5.77. The number of nitrogens with zero attached hydrogens (tertiary/aromatic N) is 1. The molecule has 1 heterocycles. The second-order valence-corrected chi connectivity index (χ2v) is 5.85. The van der Waals surface area contributed by atoms with Crippen LogP contribution in [0.4, 0.5) is 0 Å². The second kappa shape index (κ2) is 8.41. The number of methoxy groups -OCH3 is 1. The van der Waals surface area contributed by atoms with Crippen molar-refractivity contribution in [3.8, 4) is 17.2 Å². The van der Waals surface area contributed by atoms with E-state index in [-0.39, 0.29) is 13.3 Å². The number of ether oxygens (including phenoxy) is 3. The molecule has 140 valence electrons. The number of amides is 2. The van der Waals surface area contributed by atoms with Gasteiger partial charge in [0.15, 0.2) is 11.5 Å². The van der Waals surface area contributed by atoms with Crippen molar-refractivity contribution in [3.63, 3.8) is 0 Å². The minimum absolute atomic E-state index is 0.125. The molecule has 1 aliphatic heterocycles. The van der Waals surface area contributed by atoms with Crippen LogP contribution in [-0.4, -0.2) is 38.5 Å². The van der Waals surface area contributed by atoms with Crippen molar-refractivity contribution in [1.82, 2.24) is 10.7 Å². The van der Waals surface area contributed by atoms with Gasteiger partial charge in [0.2, 0.25) is 6.79 Å². The first-order chi connectivity index (χ1) is 13.1. The standard InChI is InChI=1S/C18H16ClN3O5/c1-25-15-6-11(2-4-13(15)19)8-21-22-17(23)9-20-18(24)12-3-5-14-16(7-12)27-10-26-14/h2-8H,9-10H2,1H3,(H,20,24)(H,22,23). The van der Waals surface area contributed by atoms with Crippen molar-refractivity contribution in [1.29, 1.82) is 0 Å². The summed E-state index contributed by atoms with van der Waals surface area (Å²) >= 11 is 5.94. The van der Waals surface area contributed by atoms with Gasteiger partial charge in [-0.15, -0.1) is 0 Å². The number of carbonyl (C=O) groups excluding carboxylic acids is 2. The Morgan fingerprint density at radius 2 is 2.04 bits per heavy atom. The van der Waals surface area contributed by atoms with E-state index in [0.29, 0.717) is 33.4 Å². The number of hydrazone groups is 1. The third kappa shape index (κ3) is 4.68. The van der Waals surface area contributed by atoms with Gasteiger partial charge in [-0.05, 0) is 35.9 Å². The maximum atomic E-state index is 12.1. The summed E-state index contributed by atoms with van der Waals surface area (Å²) in [6.45, 7) is -0.102. The smallest absolute Gasteiger partial charge is 0.259 e. The average Bonchev–Trinajstić information content (AvgIpc) is 3.15. The average molecular weight is 390 g/mol. The molecule has 8 nitrogen and oxygen atoms in total. The predicted octanol–water partition coefficient (Wildman–Crippen LogP) is 1.96. The topological polar surface area (TPSA) is 98.2 Å². The van der Waals surface area contributed by atoms with Crippen molar-refractivity contribution in [2.75, 3.05) is 20.4 Å². The van der Waals surface area contributed by atoms with E-state index in [9.17, 15) is 9.59 Å². The van der Waals surface area contributed by atoms with Crippen LogP contribution in [0.5, 0.6) is 17.2 Å². The number of hydrogen-bond donors (Lipinski definition) is 2. The van der Waals surface area contributed by atoms with Crippen molar-refractivity contribution in [2.45, 2.75) is 0 Å². The van der Waals surface area contributed by atoms with Crippen LogP contribution in [0.15, 0.2) is 41.5 Å². The van der Waals surface area contributed by atoms with E-state index < -0.39 is 11.8 Å². The highest BCUT2D eigenvalue weighted by Gasteiger charge is 2.16. The van der Waals surface area contributed by atoms with Crippen molar-refractivity contribution in [2.24, 2.45) is 5.10 Å². The number of nitrogens with one attached hydrogen (secondary N) is 2. The van der Waals surface area contributed by atoms with E-state index in [2.05, 4.69) is 15.8 Å². The number of benzene rings is 2. The molecule has 2 N–H and O–H groups in total. The summed E-state index contributed by atoms with van der Waals surface area (Å²) < 4.78 is 15.5. The molecule has 0 saturated heterocycles. The van der Waals surface area contributed by atoms with Gasteiger partial charge in [0.05, 0.1) is 24.9 Å². The fraction of sp³-hybridized carbons (Fsp3) is 0.167. The van der Waals surface area contributed by atoms with Crippen molar-refractivity contribution >= 4 is 29.6 Å². The zero-order chi connectivity index (χ0) is 19.2. The molecular weight excluding hydrogens is 374 g/mol. The predicted molar refractivity (Wildman–Crippen MR) is 98.6 cm³/mol. The van der Waals surface area contributed by atoms with Gasteiger partial charge in [-0.1, -0.05) is 17.7 Å². The van der Waals surface area contributed by atoms with E-state index in [1.54, 1.807) is 36.4 Å². The molecule has 3 rings (SSSR count). The van der Waals surface area contributed by atoms with Crippen LogP contribution in [0.3, 0.4) is 0 Å². The highest BCUT2D eigenvalue weighted by Crippen LogP contribution is 2.32. The van der Waals surface area contributed by atoms with Gasteiger partial charge in [-0.25, -0.2) is 5.43 Å². The van der Waals surface area contributed by atoms with Crippen LogP contribution < -0.4 is 25.0 Å². The van der Waals surface area contributed by atoms with Gasteiger partial charge in [-0.3, -0.25) is 9.59 Å². The lowest BCUT2D eigenvalue weighted by Crippen LogP contribution is -2.34. The molecule has 0 radical (unpaired) electrons. The second-order valence-electron chi connectivity index (χ2n) is 5.44. The summed E-state index contributed by atoms with van der Waals surface area (Å²) in [6, 6.07) is 9.85. The lowest BCUT2D eigenvalue weighted by Gasteiger charge is -2.05. The van der Waals surface area contributed by atoms with E-state index in [1.165, 1.54) is 13.3 Å². The lowest BCUT2D eigenvalue weighted by molar-refractivity contribution is -0.120. The third-order valence-electron chi connectivity index (χ3n) is 3.62. The fourth-order valence-corrected chi connectivity index (χ4v) is 2.47. The zero-order valence-electron chi connectivity index (χ0n) is 14.3. The Labute approximate surface area is 160 Å². The number of hydrogen-bond acceptors (Lipinski definition) is 6. The van der Waals surface area contributed by atoms with Gasteiger partial charge in [0, 0.05) is 5.56 Å². The fourth-order valence-electron chi connectivity index (χ4n) is 2.28. The molecule has 2 amide bonds. The number of rotatable bonds is 6. The van der Waals surface area contributed by atoms with Gasteiger partial charge in [-0.2, -0.15) is 5.10 Å². The molecule has 27 heavy (non-hydrogen) atoms. The largest absolute Gasteiger partial charge is 0.495 e. The molecule has 0 saturated carbocycles. The Morgan fingerprint density at radius 3 is 2.85 bits per heavy atom. The molecule has 0 spiro atoms. The van der Waals surface area contributed by atoms with Crippen molar-refractivity contribution in [3.05, 3.63) is 52.5 Å². The SMILES string of the molecule is COc1cc(C=NNC(=O)CNC(=O)c2ccc3c(c2)OCO3)ccc1Cl. The van der Waals surface area contributed by atoms with Gasteiger partial charge < -0.3 is 19.5 Å². The van der Waals surface area contributed by atoms with Gasteiger partial charge >= 0.3 is 0 Å². The zero-order valence-corrected chi connectivity index (χ0v) is 15.1. The van der Waals surface area contributed by atoms with Crippen LogP contribution in [0.1, 0.15) is 15.9 Å². The van der Waals surface area contributed by atoms with Crippen LogP contribution in [0.25, 0.3) is 0 Å². The van der Waals surface area contributed by atoms with E-state index in [0.717, 1.165) is 0 Å². The highest BCUT2D eigenvalue weighted by atomic mass is 35.5. The Balaban J connectivity index is 1.49. The summed E-state index contributed by atoms with van der Waals surface area (Å²) in [5, 5.41) is 6.82. The molecule has 0 unspecified atom stereocenters. The molecule has 1 aliphatic rings. The molecule has 9 heteroatoms. The highest BCUT2D eigenvalue weighted by molar-refractivity contribution is 6.32. The molecule has 0 aromatic heterocycles. The normalized spacial score (nSPS) is 12.1. The first-order valence-corrected chi connectivity index (χ1v) is 8.28. The van der Waals surface area contributed by atoms with Gasteiger partial charge in [0.25, 0.3) is 11.8 Å². The number of carbonyl (C=O) groups is 2. The van der Waals surface area contributed by atoms with Crippen LogP contribution in [0.2, 0.25) is 5.02 Å². The van der Waals surface area contributed by atoms with Crippen LogP contribution in [0, 0.1) is 0 Å². The summed E-state index contributed by atoms with van der Waals surface area (Å²) in [4.78, 5) is 23.9. The summed E-state index contributed by atoms with van der Waals surface area (Å²) in [7, 11) is 1.51. The maximum Gasteiger partial charge on any atom is 0.259 e. The minimum atomic E-state index is -0.471. The van der Waals surface area contributed by atoms with Crippen molar-refractivity contribution < 1.29 is 23.8 Å². The number of halogens is 1. The first kappa shape index (κ1) is 18.5. The summed E-state index contributed by atoms with van der Waals surface area (Å²) in [6.07, 6.45) is 1.44. The molecule has 0 fully saturated rings. The minimum Gasteiger partial charge on any atom is -0.495 e. The Morgan fingerprint density at radius 1 is 1.22 bits per heavy atom. The molecule has 2 aromatic rings. The molecular formula is C18H16ClN3O5. The van der Waals surface area contributed by atoms with E-state index in [1.807, 2.05) is 0 Å². The molecule has 0 atom stereocenters. The van der Waals surface area contributed by atoms with E-state index >= 15 is 0 Å². The molecule has 2 aromatic carbocycles. The third-order valence-corrected chi connectivity index (χ3v) is 3.93. The molecule has 0 aliphatic carbocycles.